The summed E-state index contributed by atoms with van der Waals surface area (Å²) in [6.45, 7) is 13.2. The molecule has 2 atom stereocenters. The second-order valence-corrected chi connectivity index (χ2v) is 4.77. The van der Waals surface area contributed by atoms with Crippen LogP contribution < -0.4 is 0 Å². The van der Waals surface area contributed by atoms with E-state index < -0.39 is 0 Å². The lowest BCUT2D eigenvalue weighted by Crippen LogP contribution is -2.01. The molecule has 0 rings (SSSR count). The monoisotopic (exact) mass is 169 g/mol. The highest BCUT2D eigenvalue weighted by molar-refractivity contribution is 4.61. The van der Waals surface area contributed by atoms with Crippen LogP contribution in [0.2, 0.25) is 0 Å². The molecule has 0 heteroatoms. The molecular formula is C12H25. The van der Waals surface area contributed by atoms with Crippen molar-refractivity contribution in [2.75, 3.05) is 0 Å². The normalized spacial score (nSPS) is 14.2. The maximum absolute atomic E-state index is 4.02. The molecule has 0 spiro atoms. The van der Waals surface area contributed by atoms with E-state index in [1.807, 2.05) is 0 Å². The van der Waals surface area contributed by atoms with E-state index in [1.54, 1.807) is 0 Å². The van der Waals surface area contributed by atoms with Gasteiger partial charge in [0.05, 0.1) is 0 Å². The highest BCUT2D eigenvalue weighted by Gasteiger charge is 2.04. The maximum Gasteiger partial charge on any atom is -0.0440 e. The molecule has 73 valence electrons. The van der Waals surface area contributed by atoms with Crippen LogP contribution in [0.4, 0.5) is 0 Å². The van der Waals surface area contributed by atoms with Crippen LogP contribution in [0, 0.1) is 24.7 Å². The maximum atomic E-state index is 4.02. The number of hydrogen-bond acceptors (Lipinski definition) is 0. The van der Waals surface area contributed by atoms with E-state index in [-0.39, 0.29) is 0 Å². The van der Waals surface area contributed by atoms with Crippen molar-refractivity contribution in [3.8, 4) is 0 Å². The highest BCUT2D eigenvalue weighted by Crippen LogP contribution is 2.18. The molecule has 2 unspecified atom stereocenters. The lowest BCUT2D eigenvalue weighted by atomic mass is 9.93. The molecule has 0 bridgehead atoms. The van der Waals surface area contributed by atoms with Gasteiger partial charge in [-0.3, -0.25) is 0 Å². The first-order chi connectivity index (χ1) is 5.52. The fourth-order valence-electron chi connectivity index (χ4n) is 1.68. The van der Waals surface area contributed by atoms with E-state index >= 15 is 0 Å². The van der Waals surface area contributed by atoms with E-state index in [0.29, 0.717) is 5.92 Å². The first kappa shape index (κ1) is 12.0. The van der Waals surface area contributed by atoms with Gasteiger partial charge in [0.1, 0.15) is 0 Å². The van der Waals surface area contributed by atoms with Crippen LogP contribution in [0.5, 0.6) is 0 Å². The van der Waals surface area contributed by atoms with Crippen LogP contribution in [0.1, 0.15) is 53.4 Å². The average molecular weight is 169 g/mol. The van der Waals surface area contributed by atoms with Gasteiger partial charge < -0.3 is 0 Å². The van der Waals surface area contributed by atoms with Gasteiger partial charge in [-0.1, -0.05) is 53.9 Å². The molecule has 1 radical (unpaired) electrons. The largest absolute Gasteiger partial charge is 0.0628 e. The molecule has 0 aromatic heterocycles. The molecular weight excluding hydrogens is 144 g/mol. The van der Waals surface area contributed by atoms with Gasteiger partial charge in [-0.25, -0.2) is 0 Å². The minimum atomic E-state index is 0.624. The molecule has 0 saturated heterocycles. The van der Waals surface area contributed by atoms with E-state index in [2.05, 4.69) is 34.6 Å². The third-order valence-electron chi connectivity index (χ3n) is 2.28. The summed E-state index contributed by atoms with van der Waals surface area (Å²) in [6.07, 6.45) is 5.46. The first-order valence-corrected chi connectivity index (χ1v) is 5.35. The molecule has 0 saturated carbocycles. The molecule has 12 heavy (non-hydrogen) atoms. The third-order valence-corrected chi connectivity index (χ3v) is 2.28. The van der Waals surface area contributed by atoms with Crippen molar-refractivity contribution >= 4 is 0 Å². The highest BCUT2D eigenvalue weighted by atomic mass is 14.1. The molecule has 0 nitrogen and oxygen atoms in total. The second-order valence-electron chi connectivity index (χ2n) is 4.77. The van der Waals surface area contributed by atoms with Crippen LogP contribution in [-0.4, -0.2) is 0 Å². The van der Waals surface area contributed by atoms with E-state index in [0.717, 1.165) is 11.8 Å². The summed E-state index contributed by atoms with van der Waals surface area (Å²) < 4.78 is 0. The Balaban J connectivity index is 3.25. The zero-order valence-electron chi connectivity index (χ0n) is 9.27. The Morgan fingerprint density at radius 2 is 1.58 bits per heavy atom. The second kappa shape index (κ2) is 6.51. The van der Waals surface area contributed by atoms with Gasteiger partial charge in [-0.05, 0) is 24.2 Å². The Morgan fingerprint density at radius 1 is 1.00 bits per heavy atom. The topological polar surface area (TPSA) is 0 Å². The zero-order valence-corrected chi connectivity index (χ0v) is 9.27. The van der Waals surface area contributed by atoms with Crippen molar-refractivity contribution in [1.29, 1.82) is 0 Å². The molecule has 0 aromatic carbocycles. The molecule has 0 aromatic rings. The van der Waals surface area contributed by atoms with Crippen LogP contribution in [0.3, 0.4) is 0 Å². The SMILES string of the molecule is [CH2]C(C)CC(C)CCCC(C)C. The summed E-state index contributed by atoms with van der Waals surface area (Å²) in [5, 5.41) is 0. The number of rotatable bonds is 6. The summed E-state index contributed by atoms with van der Waals surface area (Å²) in [5.41, 5.74) is 0. The van der Waals surface area contributed by atoms with E-state index in [9.17, 15) is 0 Å². The summed E-state index contributed by atoms with van der Waals surface area (Å²) in [5.74, 6) is 2.37. The Morgan fingerprint density at radius 3 is 2.00 bits per heavy atom. The minimum absolute atomic E-state index is 0.624. The molecule has 0 N–H and O–H groups in total. The third kappa shape index (κ3) is 8.10. The van der Waals surface area contributed by atoms with Gasteiger partial charge in [0, 0.05) is 0 Å². The Bertz CT molecular complexity index is 92.2. The predicted molar refractivity (Wildman–Crippen MR) is 57.0 cm³/mol. The summed E-state index contributed by atoms with van der Waals surface area (Å²) >= 11 is 0. The summed E-state index contributed by atoms with van der Waals surface area (Å²) in [6, 6.07) is 0. The molecule has 0 fully saturated rings. The number of hydrogen-bond donors (Lipinski definition) is 0. The van der Waals surface area contributed by atoms with Crippen molar-refractivity contribution in [2.24, 2.45) is 17.8 Å². The van der Waals surface area contributed by atoms with Gasteiger partial charge in [0.2, 0.25) is 0 Å². The van der Waals surface area contributed by atoms with Crippen LogP contribution >= 0.6 is 0 Å². The predicted octanol–water partition coefficient (Wildman–Crippen LogP) is 4.31. The smallest absolute Gasteiger partial charge is 0.0440 e. The zero-order chi connectivity index (χ0) is 9.56. The minimum Gasteiger partial charge on any atom is -0.0628 e. The van der Waals surface area contributed by atoms with Gasteiger partial charge in [0.25, 0.3) is 0 Å². The van der Waals surface area contributed by atoms with Crippen molar-refractivity contribution in [3.63, 3.8) is 0 Å². The van der Waals surface area contributed by atoms with Crippen molar-refractivity contribution in [1.82, 2.24) is 0 Å². The van der Waals surface area contributed by atoms with Crippen molar-refractivity contribution in [2.45, 2.75) is 53.4 Å². The van der Waals surface area contributed by atoms with E-state index in [4.69, 9.17) is 0 Å². The quantitative estimate of drug-likeness (QED) is 0.556. The van der Waals surface area contributed by atoms with Crippen molar-refractivity contribution < 1.29 is 0 Å². The molecule has 0 aliphatic heterocycles. The molecule has 0 heterocycles. The summed E-state index contributed by atoms with van der Waals surface area (Å²) in [4.78, 5) is 0. The molecule has 0 aliphatic carbocycles. The van der Waals surface area contributed by atoms with Gasteiger partial charge in [-0.2, -0.15) is 0 Å². The lowest BCUT2D eigenvalue weighted by Gasteiger charge is -2.13. The molecule has 0 aliphatic rings. The lowest BCUT2D eigenvalue weighted by molar-refractivity contribution is 0.403. The van der Waals surface area contributed by atoms with Crippen molar-refractivity contribution in [3.05, 3.63) is 6.92 Å². The van der Waals surface area contributed by atoms with Gasteiger partial charge >= 0.3 is 0 Å². The van der Waals surface area contributed by atoms with Crippen LogP contribution in [0.25, 0.3) is 0 Å². The standard InChI is InChI=1S/C12H25/c1-10(2)7-6-8-12(5)9-11(3)4/h10-12H,3,6-9H2,1-2,4-5H3. The fraction of sp³-hybridized carbons (Fsp3) is 0.917. The van der Waals surface area contributed by atoms with Crippen LogP contribution in [0.15, 0.2) is 0 Å². The van der Waals surface area contributed by atoms with Gasteiger partial charge in [0.15, 0.2) is 0 Å². The summed E-state index contributed by atoms with van der Waals surface area (Å²) in [7, 11) is 0. The Labute approximate surface area is 78.8 Å². The fourth-order valence-corrected chi connectivity index (χ4v) is 1.68. The Hall–Kier alpha value is 0. The average Bonchev–Trinajstić information content (AvgIpc) is 1.84. The van der Waals surface area contributed by atoms with E-state index in [1.165, 1.54) is 25.7 Å². The van der Waals surface area contributed by atoms with Gasteiger partial charge in [-0.15, -0.1) is 0 Å². The first-order valence-electron chi connectivity index (χ1n) is 5.35. The van der Waals surface area contributed by atoms with Crippen LogP contribution in [-0.2, 0) is 0 Å². The molecule has 0 amide bonds. The Kier molecular flexibility index (Phi) is 6.51.